The second kappa shape index (κ2) is 9.41. The minimum absolute atomic E-state index is 0.145. The predicted octanol–water partition coefficient (Wildman–Crippen LogP) is 1.96. The number of rotatable bonds is 3. The van der Waals surface area contributed by atoms with Crippen LogP contribution in [0.25, 0.3) is 0 Å². The van der Waals surface area contributed by atoms with Crippen LogP contribution in [0.15, 0.2) is 30.3 Å². The van der Waals surface area contributed by atoms with Crippen molar-refractivity contribution in [3.63, 3.8) is 0 Å². The lowest BCUT2D eigenvalue weighted by Gasteiger charge is -1.92. The minimum Gasteiger partial charge on any atom is -0.465 e. The Morgan fingerprint density at radius 3 is 2.44 bits per heavy atom. The molecule has 0 aliphatic heterocycles. The number of esters is 1. The van der Waals surface area contributed by atoms with Gasteiger partial charge in [-0.25, -0.2) is 0 Å². The van der Waals surface area contributed by atoms with E-state index in [1.54, 1.807) is 25.1 Å². The van der Waals surface area contributed by atoms with Crippen LogP contribution in [0.3, 0.4) is 0 Å². The number of carbonyl (C=O) groups is 2. The summed E-state index contributed by atoms with van der Waals surface area (Å²) in [7, 11) is 0. The normalized spacial score (nSPS) is 8.00. The van der Waals surface area contributed by atoms with Gasteiger partial charge in [-0.3, -0.25) is 9.59 Å². The molecule has 0 aliphatic carbocycles. The van der Waals surface area contributed by atoms with Gasteiger partial charge in [0.25, 0.3) is 0 Å². The van der Waals surface area contributed by atoms with Crippen molar-refractivity contribution in [2.45, 2.75) is 13.3 Å². The lowest BCUT2D eigenvalue weighted by Crippen LogP contribution is -2.01. The Kier molecular flexibility index (Phi) is 8.14. The van der Waals surface area contributed by atoms with Crippen LogP contribution in [0.4, 0.5) is 0 Å². The van der Waals surface area contributed by atoms with Crippen molar-refractivity contribution >= 4 is 12.3 Å². The molecular formula is C12H13NO3. The van der Waals surface area contributed by atoms with E-state index < -0.39 is 5.97 Å². The standard InChI is InChI=1S/C7H6O.C5H7NO2/c8-6-7-4-2-1-3-5-7;1-2-8-5(7)3-4-6/h1-6H;2-3H2,1H3. The van der Waals surface area contributed by atoms with Crippen molar-refractivity contribution in [2.24, 2.45) is 0 Å². The van der Waals surface area contributed by atoms with Crippen LogP contribution >= 0.6 is 0 Å². The number of aldehydes is 1. The molecule has 0 unspecified atom stereocenters. The highest BCUT2D eigenvalue weighted by atomic mass is 16.5. The first kappa shape index (κ1) is 13.8. The molecule has 0 aromatic heterocycles. The lowest BCUT2D eigenvalue weighted by molar-refractivity contribution is -0.141. The van der Waals surface area contributed by atoms with Crippen LogP contribution in [0.5, 0.6) is 0 Å². The molecule has 1 aromatic rings. The van der Waals surface area contributed by atoms with Crippen LogP contribution < -0.4 is 0 Å². The summed E-state index contributed by atoms with van der Waals surface area (Å²) >= 11 is 0. The summed E-state index contributed by atoms with van der Waals surface area (Å²) in [5.74, 6) is -0.449. The summed E-state index contributed by atoms with van der Waals surface area (Å²) in [4.78, 5) is 20.2. The van der Waals surface area contributed by atoms with Gasteiger partial charge in [-0.1, -0.05) is 30.3 Å². The van der Waals surface area contributed by atoms with Crippen LogP contribution in [0.2, 0.25) is 0 Å². The quantitative estimate of drug-likeness (QED) is 0.575. The average molecular weight is 219 g/mol. The second-order valence-electron chi connectivity index (χ2n) is 2.67. The molecule has 1 aromatic carbocycles. The molecule has 0 N–H and O–H groups in total. The molecule has 0 aliphatic rings. The van der Waals surface area contributed by atoms with E-state index in [1.165, 1.54) is 0 Å². The summed E-state index contributed by atoms with van der Waals surface area (Å²) in [6.45, 7) is 2.05. The van der Waals surface area contributed by atoms with Gasteiger partial charge in [0.05, 0.1) is 12.7 Å². The third kappa shape index (κ3) is 7.27. The molecule has 4 nitrogen and oxygen atoms in total. The molecule has 0 radical (unpaired) electrons. The minimum atomic E-state index is -0.449. The van der Waals surface area contributed by atoms with Gasteiger partial charge in [0.15, 0.2) is 0 Å². The Morgan fingerprint density at radius 1 is 1.44 bits per heavy atom. The molecule has 0 amide bonds. The van der Waals surface area contributed by atoms with Gasteiger partial charge in [-0.2, -0.15) is 5.26 Å². The first-order valence-corrected chi connectivity index (χ1v) is 4.77. The molecule has 16 heavy (non-hydrogen) atoms. The fraction of sp³-hybridized carbons (Fsp3) is 0.250. The zero-order valence-corrected chi connectivity index (χ0v) is 9.05. The number of benzene rings is 1. The smallest absolute Gasteiger partial charge is 0.320 e. The number of nitriles is 1. The zero-order valence-electron chi connectivity index (χ0n) is 9.05. The highest BCUT2D eigenvalue weighted by Crippen LogP contribution is 1.91. The monoisotopic (exact) mass is 219 g/mol. The number of hydrogen-bond acceptors (Lipinski definition) is 4. The summed E-state index contributed by atoms with van der Waals surface area (Å²) in [6, 6.07) is 10.8. The Morgan fingerprint density at radius 2 is 2.06 bits per heavy atom. The summed E-state index contributed by atoms with van der Waals surface area (Å²) in [5, 5.41) is 7.91. The second-order valence-corrected chi connectivity index (χ2v) is 2.67. The van der Waals surface area contributed by atoms with E-state index in [1.807, 2.05) is 18.2 Å². The van der Waals surface area contributed by atoms with Crippen LogP contribution in [0.1, 0.15) is 23.7 Å². The fourth-order valence-corrected chi connectivity index (χ4v) is 0.808. The molecule has 0 saturated carbocycles. The molecule has 4 heteroatoms. The number of nitrogens with zero attached hydrogens (tertiary/aromatic N) is 1. The Balaban J connectivity index is 0.000000281. The average Bonchev–Trinajstić information content (AvgIpc) is 2.32. The first-order valence-electron chi connectivity index (χ1n) is 4.77. The third-order valence-corrected chi connectivity index (χ3v) is 1.46. The van der Waals surface area contributed by atoms with E-state index in [-0.39, 0.29) is 6.42 Å². The van der Waals surface area contributed by atoms with E-state index in [0.717, 1.165) is 11.8 Å². The molecule has 0 atom stereocenters. The maximum absolute atomic E-state index is 10.2. The SMILES string of the molecule is CCOC(=O)CC#N.O=Cc1ccccc1. The van der Waals surface area contributed by atoms with E-state index in [4.69, 9.17) is 5.26 Å². The van der Waals surface area contributed by atoms with E-state index in [9.17, 15) is 9.59 Å². The number of ether oxygens (including phenoxy) is 1. The molecular weight excluding hydrogens is 206 g/mol. The highest BCUT2D eigenvalue weighted by molar-refractivity contribution is 5.74. The Bertz CT molecular complexity index is 354. The molecule has 0 spiro atoms. The first-order chi connectivity index (χ1) is 7.74. The largest absolute Gasteiger partial charge is 0.465 e. The molecule has 0 bridgehead atoms. The molecule has 0 heterocycles. The van der Waals surface area contributed by atoms with Crippen molar-refractivity contribution in [3.05, 3.63) is 35.9 Å². The van der Waals surface area contributed by atoms with Gasteiger partial charge in [-0.15, -0.1) is 0 Å². The molecule has 84 valence electrons. The highest BCUT2D eigenvalue weighted by Gasteiger charge is 1.95. The fourth-order valence-electron chi connectivity index (χ4n) is 0.808. The van der Waals surface area contributed by atoms with Gasteiger partial charge < -0.3 is 4.74 Å². The van der Waals surface area contributed by atoms with Crippen molar-refractivity contribution in [1.29, 1.82) is 5.26 Å². The van der Waals surface area contributed by atoms with Crippen LogP contribution in [-0.2, 0) is 9.53 Å². The topological polar surface area (TPSA) is 67.2 Å². The van der Waals surface area contributed by atoms with E-state index in [2.05, 4.69) is 4.74 Å². The van der Waals surface area contributed by atoms with Crippen LogP contribution in [-0.4, -0.2) is 18.9 Å². The third-order valence-electron chi connectivity index (χ3n) is 1.46. The van der Waals surface area contributed by atoms with Gasteiger partial charge >= 0.3 is 5.97 Å². The van der Waals surface area contributed by atoms with Crippen molar-refractivity contribution < 1.29 is 14.3 Å². The summed E-state index contributed by atoms with van der Waals surface area (Å²) < 4.78 is 4.42. The van der Waals surface area contributed by atoms with E-state index >= 15 is 0 Å². The van der Waals surface area contributed by atoms with Crippen molar-refractivity contribution in [3.8, 4) is 6.07 Å². The van der Waals surface area contributed by atoms with Crippen molar-refractivity contribution in [2.75, 3.05) is 6.61 Å². The van der Waals surface area contributed by atoms with E-state index in [0.29, 0.717) is 6.61 Å². The lowest BCUT2D eigenvalue weighted by atomic mass is 10.2. The van der Waals surface area contributed by atoms with Gasteiger partial charge in [0, 0.05) is 5.56 Å². The summed E-state index contributed by atoms with van der Waals surface area (Å²) in [5.41, 5.74) is 0.729. The molecule has 1 rings (SSSR count). The van der Waals surface area contributed by atoms with Gasteiger partial charge in [0.2, 0.25) is 0 Å². The zero-order chi connectivity index (χ0) is 12.2. The number of carbonyl (C=O) groups excluding carboxylic acids is 2. The molecule has 0 saturated heterocycles. The Labute approximate surface area is 94.5 Å². The van der Waals surface area contributed by atoms with Crippen LogP contribution in [0, 0.1) is 11.3 Å². The summed E-state index contributed by atoms with van der Waals surface area (Å²) in [6.07, 6.45) is 0.688. The van der Waals surface area contributed by atoms with Gasteiger partial charge in [-0.05, 0) is 6.92 Å². The Hall–Kier alpha value is -2.15. The maximum atomic E-state index is 10.2. The number of hydrogen-bond donors (Lipinski definition) is 0. The van der Waals surface area contributed by atoms with Gasteiger partial charge in [0.1, 0.15) is 12.7 Å². The predicted molar refractivity (Wildman–Crippen MR) is 58.7 cm³/mol. The molecule has 0 fully saturated rings. The van der Waals surface area contributed by atoms with Crippen molar-refractivity contribution in [1.82, 2.24) is 0 Å². The maximum Gasteiger partial charge on any atom is 0.320 e.